The Morgan fingerprint density at radius 3 is 2.73 bits per heavy atom. The lowest BCUT2D eigenvalue weighted by Crippen LogP contribution is -2.11. The summed E-state index contributed by atoms with van der Waals surface area (Å²) < 4.78 is 5.44. The van der Waals surface area contributed by atoms with Crippen LogP contribution < -0.4 is 15.2 Å². The highest BCUT2D eigenvalue weighted by atomic mass is 79.9. The van der Waals surface area contributed by atoms with Crippen molar-refractivity contribution >= 4 is 33.7 Å². The summed E-state index contributed by atoms with van der Waals surface area (Å²) in [4.78, 5) is 0. The second kappa shape index (κ2) is 6.53. The average molecular weight is 355 g/mol. The van der Waals surface area contributed by atoms with E-state index in [4.69, 9.17) is 4.74 Å². The van der Waals surface area contributed by atoms with Crippen molar-refractivity contribution in [2.24, 2.45) is 0 Å². The Labute approximate surface area is 139 Å². The molecule has 0 aliphatic heterocycles. The molecule has 0 N–H and O–H groups in total. The summed E-state index contributed by atoms with van der Waals surface area (Å²) in [5.74, 6) is 0.898. The van der Waals surface area contributed by atoms with Crippen LogP contribution in [0.25, 0.3) is 17.7 Å². The van der Waals surface area contributed by atoms with Crippen molar-refractivity contribution in [3.8, 4) is 5.75 Å². The number of rotatable bonds is 3. The molecule has 0 heterocycles. The third-order valence-electron chi connectivity index (χ3n) is 4.04. The smallest absolute Gasteiger partial charge is 0.119 e. The lowest BCUT2D eigenvalue weighted by atomic mass is 10.1. The molecule has 0 bridgehead atoms. The molecule has 112 valence electrons. The van der Waals surface area contributed by atoms with Gasteiger partial charge in [-0.25, -0.2) is 0 Å². The SMILES string of the molecule is COc1ccc2c(c1)=c1c(cccc1=CCCBr)C=CC=2C. The second-order valence-electron chi connectivity index (χ2n) is 5.42. The van der Waals surface area contributed by atoms with Crippen molar-refractivity contribution in [1.29, 1.82) is 0 Å². The Balaban J connectivity index is 2.60. The van der Waals surface area contributed by atoms with E-state index in [-0.39, 0.29) is 0 Å². The fourth-order valence-electron chi connectivity index (χ4n) is 2.92. The molecule has 0 saturated carbocycles. The van der Waals surface area contributed by atoms with Gasteiger partial charge in [0.25, 0.3) is 0 Å². The Hall–Kier alpha value is -1.80. The summed E-state index contributed by atoms with van der Waals surface area (Å²) in [6.07, 6.45) is 7.72. The van der Waals surface area contributed by atoms with Gasteiger partial charge in [0.1, 0.15) is 5.75 Å². The van der Waals surface area contributed by atoms with Crippen LogP contribution in [-0.2, 0) is 0 Å². The lowest BCUT2D eigenvalue weighted by molar-refractivity contribution is 0.414. The topological polar surface area (TPSA) is 9.23 Å². The standard InChI is InChI=1S/C20H19BrO/c1-14-8-9-16-6-3-5-15(7-4-12-21)20(16)19-13-17(22-2)10-11-18(14)19/h3,5-11,13H,4,12H2,1-2H3. The molecule has 0 fully saturated rings. The van der Waals surface area contributed by atoms with E-state index in [2.05, 4.69) is 71.4 Å². The zero-order chi connectivity index (χ0) is 15.5. The van der Waals surface area contributed by atoms with Gasteiger partial charge in [-0.2, -0.15) is 0 Å². The van der Waals surface area contributed by atoms with Gasteiger partial charge in [-0.3, -0.25) is 0 Å². The van der Waals surface area contributed by atoms with Crippen LogP contribution in [0.5, 0.6) is 5.75 Å². The van der Waals surface area contributed by atoms with Gasteiger partial charge in [-0.05, 0) is 57.5 Å². The van der Waals surface area contributed by atoms with E-state index in [1.54, 1.807) is 7.11 Å². The van der Waals surface area contributed by atoms with Crippen molar-refractivity contribution in [2.45, 2.75) is 13.3 Å². The van der Waals surface area contributed by atoms with Gasteiger partial charge in [0.2, 0.25) is 0 Å². The van der Waals surface area contributed by atoms with Crippen LogP contribution in [0.2, 0.25) is 0 Å². The summed E-state index contributed by atoms with van der Waals surface area (Å²) >= 11 is 3.51. The number of hydrogen-bond acceptors (Lipinski definition) is 1. The lowest BCUT2D eigenvalue weighted by Gasteiger charge is -2.02. The minimum Gasteiger partial charge on any atom is -0.497 e. The molecule has 1 nitrogen and oxygen atoms in total. The third kappa shape index (κ3) is 2.76. The summed E-state index contributed by atoms with van der Waals surface area (Å²) in [5, 5.41) is 6.08. The zero-order valence-electron chi connectivity index (χ0n) is 12.9. The highest BCUT2D eigenvalue weighted by Crippen LogP contribution is 2.13. The van der Waals surface area contributed by atoms with E-state index in [1.807, 2.05) is 6.07 Å². The third-order valence-corrected chi connectivity index (χ3v) is 4.49. The first-order valence-electron chi connectivity index (χ1n) is 7.47. The Kier molecular flexibility index (Phi) is 4.49. The van der Waals surface area contributed by atoms with Gasteiger partial charge in [-0.15, -0.1) is 0 Å². The van der Waals surface area contributed by atoms with E-state index < -0.39 is 0 Å². The zero-order valence-corrected chi connectivity index (χ0v) is 14.5. The molecule has 22 heavy (non-hydrogen) atoms. The number of alkyl halides is 1. The normalized spacial score (nSPS) is 13.6. The molecule has 0 saturated heterocycles. The van der Waals surface area contributed by atoms with Gasteiger partial charge in [0.05, 0.1) is 7.11 Å². The first kappa shape index (κ1) is 15.1. The van der Waals surface area contributed by atoms with E-state index in [0.29, 0.717) is 0 Å². The predicted octanol–water partition coefficient (Wildman–Crippen LogP) is 3.75. The highest BCUT2D eigenvalue weighted by Gasteiger charge is 2.03. The molecule has 2 aromatic carbocycles. The molecule has 0 radical (unpaired) electrons. The van der Waals surface area contributed by atoms with Gasteiger partial charge in [-0.1, -0.05) is 58.4 Å². The highest BCUT2D eigenvalue weighted by molar-refractivity contribution is 9.09. The number of methoxy groups -OCH3 is 1. The fourth-order valence-corrected chi connectivity index (χ4v) is 3.15. The Morgan fingerprint density at radius 2 is 1.95 bits per heavy atom. The first-order chi connectivity index (χ1) is 10.7. The van der Waals surface area contributed by atoms with Crippen molar-refractivity contribution in [3.05, 3.63) is 68.9 Å². The Bertz CT molecular complexity index is 939. The van der Waals surface area contributed by atoms with E-state index in [1.165, 1.54) is 32.0 Å². The summed E-state index contributed by atoms with van der Waals surface area (Å²) in [5.41, 5.74) is 2.54. The van der Waals surface area contributed by atoms with Crippen molar-refractivity contribution in [3.63, 3.8) is 0 Å². The molecule has 2 heteroatoms. The van der Waals surface area contributed by atoms with Gasteiger partial charge in [0, 0.05) is 5.33 Å². The molecule has 0 spiro atoms. The quantitative estimate of drug-likeness (QED) is 0.762. The maximum atomic E-state index is 5.44. The fraction of sp³-hybridized carbons (Fsp3) is 0.200. The molecule has 0 unspecified atom stereocenters. The van der Waals surface area contributed by atoms with E-state index in [0.717, 1.165) is 17.5 Å². The van der Waals surface area contributed by atoms with Crippen molar-refractivity contribution < 1.29 is 4.74 Å². The number of ether oxygens (including phenoxy) is 1. The minimum absolute atomic E-state index is 0.898. The van der Waals surface area contributed by atoms with E-state index in [9.17, 15) is 0 Å². The van der Waals surface area contributed by atoms with Gasteiger partial charge >= 0.3 is 0 Å². The van der Waals surface area contributed by atoms with Crippen LogP contribution in [0.3, 0.4) is 0 Å². The summed E-state index contributed by atoms with van der Waals surface area (Å²) in [6.45, 7) is 2.16. The number of allylic oxidation sites excluding steroid dienone is 1. The van der Waals surface area contributed by atoms with Crippen molar-refractivity contribution in [1.82, 2.24) is 0 Å². The maximum absolute atomic E-state index is 5.44. The molecule has 1 aliphatic carbocycles. The predicted molar refractivity (Wildman–Crippen MR) is 97.4 cm³/mol. The first-order valence-corrected chi connectivity index (χ1v) is 8.59. The molecular weight excluding hydrogens is 336 g/mol. The molecule has 1 aliphatic rings. The van der Waals surface area contributed by atoms with E-state index >= 15 is 0 Å². The molecule has 0 aromatic heterocycles. The summed E-state index contributed by atoms with van der Waals surface area (Å²) in [6, 6.07) is 12.8. The minimum atomic E-state index is 0.898. The molecule has 0 atom stereocenters. The largest absolute Gasteiger partial charge is 0.497 e. The van der Waals surface area contributed by atoms with Gasteiger partial charge in [0.15, 0.2) is 0 Å². The van der Waals surface area contributed by atoms with Crippen LogP contribution in [0, 0.1) is 10.4 Å². The molecule has 0 amide bonds. The second-order valence-corrected chi connectivity index (χ2v) is 6.21. The van der Waals surface area contributed by atoms with Crippen LogP contribution in [0.15, 0.2) is 42.5 Å². The van der Waals surface area contributed by atoms with Crippen LogP contribution in [0.1, 0.15) is 18.9 Å². The number of fused-ring (bicyclic) bond motifs is 2. The van der Waals surface area contributed by atoms with Crippen LogP contribution >= 0.6 is 15.9 Å². The average Bonchev–Trinajstić information content (AvgIpc) is 2.70. The molecule has 3 rings (SSSR count). The van der Waals surface area contributed by atoms with Crippen molar-refractivity contribution in [2.75, 3.05) is 12.4 Å². The summed E-state index contributed by atoms with van der Waals surface area (Å²) in [7, 11) is 1.72. The maximum Gasteiger partial charge on any atom is 0.119 e. The molecular formula is C20H19BrO. The number of halogens is 1. The molecule has 2 aromatic rings. The number of hydrogen-bond donors (Lipinski definition) is 0. The monoisotopic (exact) mass is 354 g/mol. The Morgan fingerprint density at radius 1 is 1.09 bits per heavy atom. The van der Waals surface area contributed by atoms with Gasteiger partial charge < -0.3 is 4.74 Å². The van der Waals surface area contributed by atoms with Crippen LogP contribution in [0.4, 0.5) is 0 Å². The number of benzene rings is 2. The van der Waals surface area contributed by atoms with Crippen LogP contribution in [-0.4, -0.2) is 12.4 Å².